The third-order valence-corrected chi connectivity index (χ3v) is 2.95. The van der Waals surface area contributed by atoms with Crippen LogP contribution in [0.5, 0.6) is 0 Å². The van der Waals surface area contributed by atoms with Gasteiger partial charge in [0.15, 0.2) is 0 Å². The largest absolute Gasteiger partial charge is 0.478 e. The van der Waals surface area contributed by atoms with E-state index in [2.05, 4.69) is 5.10 Å². The van der Waals surface area contributed by atoms with Gasteiger partial charge < -0.3 is 5.11 Å². The van der Waals surface area contributed by atoms with E-state index in [1.165, 1.54) is 4.68 Å². The van der Waals surface area contributed by atoms with E-state index >= 15 is 0 Å². The van der Waals surface area contributed by atoms with Gasteiger partial charge in [0.1, 0.15) is 16.4 Å². The number of hydrogen-bond donors (Lipinski definition) is 1. The van der Waals surface area contributed by atoms with Gasteiger partial charge in [-0.05, 0) is 12.8 Å². The molecular weight excluding hydrogens is 254 g/mol. The number of nitrogens with zero attached hydrogens (tertiary/aromatic N) is 2. The van der Waals surface area contributed by atoms with E-state index in [1.807, 2.05) is 13.8 Å². The zero-order chi connectivity index (χ0) is 13.2. The minimum atomic E-state index is -2.95. The van der Waals surface area contributed by atoms with Gasteiger partial charge in [0.2, 0.25) is 0 Å². The highest BCUT2D eigenvalue weighted by Crippen LogP contribution is 2.31. The number of hydrogen-bond acceptors (Lipinski definition) is 2. The Bertz CT molecular complexity index is 417. The molecule has 0 aliphatic rings. The van der Waals surface area contributed by atoms with Crippen molar-refractivity contribution >= 4 is 17.6 Å². The fraction of sp³-hybridized carbons (Fsp3) is 0.600. The molecule has 0 aromatic carbocycles. The molecule has 0 fully saturated rings. The molecule has 7 heteroatoms. The lowest BCUT2D eigenvalue weighted by molar-refractivity contribution is 0.0684. The maximum absolute atomic E-state index is 12.7. The summed E-state index contributed by atoms with van der Waals surface area (Å²) in [7, 11) is 0. The quantitative estimate of drug-likeness (QED) is 0.887. The predicted molar refractivity (Wildman–Crippen MR) is 58.8 cm³/mol. The molecule has 96 valence electrons. The number of carbonyl (C=O) groups is 1. The van der Waals surface area contributed by atoms with Crippen LogP contribution in [0.15, 0.2) is 0 Å². The van der Waals surface area contributed by atoms with E-state index < -0.39 is 23.7 Å². The summed E-state index contributed by atoms with van der Waals surface area (Å²) in [5, 5.41) is 12.3. The van der Waals surface area contributed by atoms with Gasteiger partial charge in [0.25, 0.3) is 6.43 Å². The lowest BCUT2D eigenvalue weighted by atomic mass is 10.2. The van der Waals surface area contributed by atoms with Crippen LogP contribution in [0.25, 0.3) is 0 Å². The molecule has 0 radical (unpaired) electrons. The topological polar surface area (TPSA) is 55.1 Å². The van der Waals surface area contributed by atoms with Crippen LogP contribution in [-0.4, -0.2) is 20.9 Å². The fourth-order valence-corrected chi connectivity index (χ4v) is 2.01. The van der Waals surface area contributed by atoms with Gasteiger partial charge in [0.05, 0.1) is 6.04 Å². The normalized spacial score (nSPS) is 11.5. The summed E-state index contributed by atoms with van der Waals surface area (Å²) < 4.78 is 26.5. The Balaban J connectivity index is 3.35. The van der Waals surface area contributed by atoms with Crippen molar-refractivity contribution in [3.63, 3.8) is 0 Å². The van der Waals surface area contributed by atoms with Gasteiger partial charge in [-0.2, -0.15) is 5.10 Å². The molecular formula is C10H13ClF2N2O2. The van der Waals surface area contributed by atoms with E-state index in [4.69, 9.17) is 16.7 Å². The average molecular weight is 267 g/mol. The van der Waals surface area contributed by atoms with Gasteiger partial charge >= 0.3 is 5.97 Å². The van der Waals surface area contributed by atoms with Crippen LogP contribution in [-0.2, 0) is 0 Å². The molecule has 1 rings (SSSR count). The van der Waals surface area contributed by atoms with E-state index in [-0.39, 0.29) is 11.2 Å². The highest BCUT2D eigenvalue weighted by atomic mass is 35.5. The monoisotopic (exact) mass is 266 g/mol. The zero-order valence-electron chi connectivity index (χ0n) is 9.45. The third kappa shape index (κ3) is 2.57. The van der Waals surface area contributed by atoms with Crippen molar-refractivity contribution in [3.05, 3.63) is 16.4 Å². The molecule has 0 aliphatic heterocycles. The van der Waals surface area contributed by atoms with Crippen molar-refractivity contribution in [1.82, 2.24) is 9.78 Å². The Morgan fingerprint density at radius 2 is 2.00 bits per heavy atom. The van der Waals surface area contributed by atoms with Crippen molar-refractivity contribution in [3.8, 4) is 0 Å². The molecule has 0 saturated carbocycles. The molecule has 17 heavy (non-hydrogen) atoms. The van der Waals surface area contributed by atoms with Gasteiger partial charge in [-0.1, -0.05) is 25.4 Å². The number of carboxylic acid groups (broad SMARTS) is 1. The first kappa shape index (κ1) is 13.9. The minimum absolute atomic E-state index is 0.173. The van der Waals surface area contributed by atoms with Crippen molar-refractivity contribution in [2.24, 2.45) is 0 Å². The van der Waals surface area contributed by atoms with E-state index in [1.54, 1.807) is 0 Å². The maximum Gasteiger partial charge on any atom is 0.341 e. The Kier molecular flexibility index (Phi) is 4.45. The third-order valence-electron chi connectivity index (χ3n) is 2.59. The standard InChI is InChI=1S/C10H13ClF2N2O2/c1-3-5(4-2)15-8(11)6(10(16)17)7(14-15)9(12)13/h5,9H,3-4H2,1-2H3,(H,16,17). The second-order valence-corrected chi connectivity index (χ2v) is 3.93. The van der Waals surface area contributed by atoms with Crippen LogP contribution < -0.4 is 0 Å². The van der Waals surface area contributed by atoms with E-state index in [0.29, 0.717) is 12.8 Å². The fourth-order valence-electron chi connectivity index (χ4n) is 1.66. The molecule has 1 heterocycles. The summed E-state index contributed by atoms with van der Waals surface area (Å²) in [6.07, 6.45) is -1.67. The summed E-state index contributed by atoms with van der Waals surface area (Å²) in [5.74, 6) is -1.48. The second kappa shape index (κ2) is 5.44. The molecule has 1 N–H and O–H groups in total. The summed E-state index contributed by atoms with van der Waals surface area (Å²) in [5.41, 5.74) is -1.37. The van der Waals surface area contributed by atoms with Crippen LogP contribution in [0.1, 0.15) is 55.2 Å². The number of rotatable bonds is 5. The van der Waals surface area contributed by atoms with Crippen molar-refractivity contribution in [2.45, 2.75) is 39.2 Å². The molecule has 0 amide bonds. The van der Waals surface area contributed by atoms with E-state index in [9.17, 15) is 13.6 Å². The number of halogens is 3. The maximum atomic E-state index is 12.7. The molecule has 0 aliphatic carbocycles. The van der Waals surface area contributed by atoms with Crippen molar-refractivity contribution < 1.29 is 18.7 Å². The van der Waals surface area contributed by atoms with Gasteiger partial charge in [-0.3, -0.25) is 0 Å². The first-order valence-corrected chi connectivity index (χ1v) is 5.61. The van der Waals surface area contributed by atoms with Crippen LogP contribution in [0.2, 0.25) is 5.15 Å². The van der Waals surface area contributed by atoms with Crippen LogP contribution >= 0.6 is 11.6 Å². The molecule has 1 aromatic rings. The van der Waals surface area contributed by atoms with Gasteiger partial charge in [0, 0.05) is 0 Å². The van der Waals surface area contributed by atoms with Gasteiger partial charge in [-0.15, -0.1) is 0 Å². The van der Waals surface area contributed by atoms with Crippen LogP contribution in [0, 0.1) is 0 Å². The summed E-state index contributed by atoms with van der Waals surface area (Å²) in [4.78, 5) is 10.9. The lowest BCUT2D eigenvalue weighted by Gasteiger charge is -2.13. The van der Waals surface area contributed by atoms with Crippen molar-refractivity contribution in [2.75, 3.05) is 0 Å². The van der Waals surface area contributed by atoms with Gasteiger partial charge in [-0.25, -0.2) is 18.3 Å². The lowest BCUT2D eigenvalue weighted by Crippen LogP contribution is -2.09. The average Bonchev–Trinajstić information content (AvgIpc) is 2.59. The zero-order valence-corrected chi connectivity index (χ0v) is 10.2. The highest BCUT2D eigenvalue weighted by molar-refractivity contribution is 6.32. The minimum Gasteiger partial charge on any atom is -0.478 e. The van der Waals surface area contributed by atoms with Crippen LogP contribution in [0.4, 0.5) is 8.78 Å². The predicted octanol–water partition coefficient (Wildman–Crippen LogP) is 3.53. The molecule has 0 bridgehead atoms. The molecule has 0 saturated heterocycles. The second-order valence-electron chi connectivity index (χ2n) is 3.57. The Morgan fingerprint density at radius 1 is 1.47 bits per heavy atom. The first-order valence-electron chi connectivity index (χ1n) is 5.23. The van der Waals surface area contributed by atoms with Crippen LogP contribution in [0.3, 0.4) is 0 Å². The molecule has 0 unspecified atom stereocenters. The Morgan fingerprint density at radius 3 is 2.29 bits per heavy atom. The van der Waals surface area contributed by atoms with Crippen molar-refractivity contribution in [1.29, 1.82) is 0 Å². The Hall–Kier alpha value is -1.17. The van der Waals surface area contributed by atoms with E-state index in [0.717, 1.165) is 0 Å². The highest BCUT2D eigenvalue weighted by Gasteiger charge is 2.29. The summed E-state index contributed by atoms with van der Waals surface area (Å²) >= 11 is 5.81. The summed E-state index contributed by atoms with van der Waals surface area (Å²) in [6, 6.07) is -0.173. The summed E-state index contributed by atoms with van der Waals surface area (Å²) in [6.45, 7) is 3.71. The number of alkyl halides is 2. The molecule has 0 atom stereocenters. The Labute approximate surface area is 102 Å². The molecule has 4 nitrogen and oxygen atoms in total. The number of carboxylic acids is 1. The molecule has 0 spiro atoms. The number of aromatic carboxylic acids is 1. The first-order chi connectivity index (χ1) is 7.93. The smallest absolute Gasteiger partial charge is 0.341 e. The number of aromatic nitrogens is 2. The SMILES string of the molecule is CCC(CC)n1nc(C(F)F)c(C(=O)O)c1Cl. The molecule has 1 aromatic heterocycles.